The van der Waals surface area contributed by atoms with Crippen LogP contribution in [0.1, 0.15) is 24.1 Å². The largest absolute Gasteiger partial charge is 0.497 e. The molecule has 0 radical (unpaired) electrons. The fraction of sp³-hybridized carbons (Fsp3) is 0.538. The number of rotatable bonds is 4. The third-order valence-corrected chi connectivity index (χ3v) is 3.00. The Hall–Kier alpha value is -1.06. The molecule has 1 heterocycles. The summed E-state index contributed by atoms with van der Waals surface area (Å²) in [6, 6.07) is 6.61. The highest BCUT2D eigenvalue weighted by atomic mass is 16.5. The van der Waals surface area contributed by atoms with Crippen molar-refractivity contribution in [3.05, 3.63) is 29.3 Å². The standard InChI is InChI=1S/C13H19NO2/c1-3-16-9-13-12-8-11(15-2)5-4-10(12)6-7-14-13/h4-5,8,13-14H,3,6-7,9H2,1-2H3. The zero-order valence-corrected chi connectivity index (χ0v) is 9.95. The zero-order chi connectivity index (χ0) is 11.4. The van der Waals surface area contributed by atoms with E-state index < -0.39 is 0 Å². The van der Waals surface area contributed by atoms with E-state index in [2.05, 4.69) is 17.4 Å². The highest BCUT2D eigenvalue weighted by Gasteiger charge is 2.19. The fourth-order valence-corrected chi connectivity index (χ4v) is 2.13. The van der Waals surface area contributed by atoms with E-state index >= 15 is 0 Å². The summed E-state index contributed by atoms with van der Waals surface area (Å²) in [6.07, 6.45) is 1.09. The minimum absolute atomic E-state index is 0.304. The lowest BCUT2D eigenvalue weighted by atomic mass is 9.94. The number of nitrogens with one attached hydrogen (secondary N) is 1. The maximum absolute atomic E-state index is 5.50. The first-order valence-corrected chi connectivity index (χ1v) is 5.83. The number of benzene rings is 1. The van der Waals surface area contributed by atoms with Crippen LogP contribution in [0.4, 0.5) is 0 Å². The first-order valence-electron chi connectivity index (χ1n) is 5.83. The Labute approximate surface area is 96.8 Å². The quantitative estimate of drug-likeness (QED) is 0.842. The number of hydrogen-bond acceptors (Lipinski definition) is 3. The normalized spacial score (nSPS) is 19.2. The molecule has 0 aromatic heterocycles. The molecule has 16 heavy (non-hydrogen) atoms. The molecule has 1 aromatic rings. The molecule has 0 saturated heterocycles. The van der Waals surface area contributed by atoms with E-state index in [0.717, 1.165) is 31.9 Å². The van der Waals surface area contributed by atoms with Crippen molar-refractivity contribution in [3.63, 3.8) is 0 Å². The summed E-state index contributed by atoms with van der Waals surface area (Å²) in [5.41, 5.74) is 2.73. The maximum Gasteiger partial charge on any atom is 0.119 e. The van der Waals surface area contributed by atoms with Crippen LogP contribution in [-0.2, 0) is 11.2 Å². The lowest BCUT2D eigenvalue weighted by molar-refractivity contribution is 0.121. The summed E-state index contributed by atoms with van der Waals surface area (Å²) in [7, 11) is 1.70. The number of hydrogen-bond donors (Lipinski definition) is 1. The molecule has 2 rings (SSSR count). The van der Waals surface area contributed by atoms with Gasteiger partial charge in [-0.2, -0.15) is 0 Å². The van der Waals surface area contributed by atoms with Gasteiger partial charge in [-0.05, 0) is 43.1 Å². The van der Waals surface area contributed by atoms with Crippen LogP contribution in [-0.4, -0.2) is 26.9 Å². The Bertz CT molecular complexity index is 352. The van der Waals surface area contributed by atoms with Gasteiger partial charge >= 0.3 is 0 Å². The molecule has 1 N–H and O–H groups in total. The molecule has 1 aliphatic heterocycles. The van der Waals surface area contributed by atoms with Gasteiger partial charge in [0.1, 0.15) is 5.75 Å². The molecule has 0 spiro atoms. The SMILES string of the molecule is CCOCC1NCCc2ccc(OC)cc21. The molecule has 0 saturated carbocycles. The summed E-state index contributed by atoms with van der Waals surface area (Å²) in [5, 5.41) is 3.48. The Morgan fingerprint density at radius 2 is 2.31 bits per heavy atom. The van der Waals surface area contributed by atoms with E-state index in [4.69, 9.17) is 9.47 Å². The third kappa shape index (κ3) is 2.36. The van der Waals surface area contributed by atoms with Crippen molar-refractivity contribution in [1.29, 1.82) is 0 Å². The summed E-state index contributed by atoms with van der Waals surface area (Å²) < 4.78 is 10.8. The molecule has 1 atom stereocenters. The fourth-order valence-electron chi connectivity index (χ4n) is 2.13. The maximum atomic E-state index is 5.50. The van der Waals surface area contributed by atoms with Gasteiger partial charge in [-0.1, -0.05) is 6.07 Å². The molecule has 3 nitrogen and oxygen atoms in total. The second-order valence-corrected chi connectivity index (χ2v) is 3.98. The average Bonchev–Trinajstić information content (AvgIpc) is 2.35. The molecule has 0 bridgehead atoms. The molecule has 3 heteroatoms. The van der Waals surface area contributed by atoms with Crippen LogP contribution < -0.4 is 10.1 Å². The minimum Gasteiger partial charge on any atom is -0.497 e. The smallest absolute Gasteiger partial charge is 0.119 e. The van der Waals surface area contributed by atoms with Crippen LogP contribution in [0.2, 0.25) is 0 Å². The van der Waals surface area contributed by atoms with E-state index in [1.165, 1.54) is 11.1 Å². The van der Waals surface area contributed by atoms with Crippen LogP contribution in [0.15, 0.2) is 18.2 Å². The van der Waals surface area contributed by atoms with Crippen LogP contribution in [0, 0.1) is 0 Å². The topological polar surface area (TPSA) is 30.5 Å². The van der Waals surface area contributed by atoms with E-state index in [0.29, 0.717) is 6.04 Å². The van der Waals surface area contributed by atoms with Gasteiger partial charge in [0.05, 0.1) is 19.8 Å². The van der Waals surface area contributed by atoms with Crippen LogP contribution in [0.5, 0.6) is 5.75 Å². The van der Waals surface area contributed by atoms with E-state index in [1.54, 1.807) is 7.11 Å². The summed E-state index contributed by atoms with van der Waals surface area (Å²) >= 11 is 0. The van der Waals surface area contributed by atoms with Crippen LogP contribution in [0.3, 0.4) is 0 Å². The Morgan fingerprint density at radius 1 is 1.44 bits per heavy atom. The first-order chi connectivity index (χ1) is 7.85. The molecular formula is C13H19NO2. The van der Waals surface area contributed by atoms with Gasteiger partial charge in [0.25, 0.3) is 0 Å². The van der Waals surface area contributed by atoms with Crippen molar-refractivity contribution in [3.8, 4) is 5.75 Å². The average molecular weight is 221 g/mol. The van der Waals surface area contributed by atoms with Crippen molar-refractivity contribution in [2.75, 3.05) is 26.9 Å². The van der Waals surface area contributed by atoms with Crippen molar-refractivity contribution in [2.24, 2.45) is 0 Å². The number of methoxy groups -OCH3 is 1. The molecular weight excluding hydrogens is 202 g/mol. The van der Waals surface area contributed by atoms with Crippen LogP contribution in [0.25, 0.3) is 0 Å². The van der Waals surface area contributed by atoms with Gasteiger partial charge in [0.2, 0.25) is 0 Å². The zero-order valence-electron chi connectivity index (χ0n) is 9.95. The molecule has 0 aliphatic carbocycles. The molecule has 1 unspecified atom stereocenters. The lowest BCUT2D eigenvalue weighted by Crippen LogP contribution is -2.32. The summed E-state index contributed by atoms with van der Waals surface area (Å²) in [6.45, 7) is 4.54. The third-order valence-electron chi connectivity index (χ3n) is 3.00. The molecule has 0 fully saturated rings. The summed E-state index contributed by atoms with van der Waals surface area (Å²) in [5.74, 6) is 0.920. The minimum atomic E-state index is 0.304. The number of fused-ring (bicyclic) bond motifs is 1. The van der Waals surface area contributed by atoms with Crippen molar-refractivity contribution >= 4 is 0 Å². The molecule has 1 aromatic carbocycles. The predicted octanol–water partition coefficient (Wildman–Crippen LogP) is 1.92. The summed E-state index contributed by atoms with van der Waals surface area (Å²) in [4.78, 5) is 0. The van der Waals surface area contributed by atoms with Gasteiger partial charge in [-0.15, -0.1) is 0 Å². The van der Waals surface area contributed by atoms with E-state index in [1.807, 2.05) is 13.0 Å². The highest BCUT2D eigenvalue weighted by molar-refractivity contribution is 5.39. The van der Waals surface area contributed by atoms with Gasteiger partial charge in [-0.3, -0.25) is 0 Å². The van der Waals surface area contributed by atoms with E-state index in [-0.39, 0.29) is 0 Å². The Kier molecular flexibility index (Phi) is 3.80. The van der Waals surface area contributed by atoms with Gasteiger partial charge in [0, 0.05) is 6.61 Å². The van der Waals surface area contributed by atoms with Gasteiger partial charge < -0.3 is 14.8 Å². The molecule has 0 amide bonds. The number of ether oxygens (including phenoxy) is 2. The monoisotopic (exact) mass is 221 g/mol. The second kappa shape index (κ2) is 5.32. The van der Waals surface area contributed by atoms with Crippen molar-refractivity contribution in [2.45, 2.75) is 19.4 Å². The first kappa shape index (κ1) is 11.4. The Balaban J connectivity index is 2.21. The Morgan fingerprint density at radius 3 is 3.06 bits per heavy atom. The predicted molar refractivity (Wildman–Crippen MR) is 63.9 cm³/mol. The highest BCUT2D eigenvalue weighted by Crippen LogP contribution is 2.27. The van der Waals surface area contributed by atoms with Crippen LogP contribution >= 0.6 is 0 Å². The lowest BCUT2D eigenvalue weighted by Gasteiger charge is -2.27. The molecule has 1 aliphatic rings. The van der Waals surface area contributed by atoms with Gasteiger partial charge in [-0.25, -0.2) is 0 Å². The molecule has 88 valence electrons. The second-order valence-electron chi connectivity index (χ2n) is 3.98. The van der Waals surface area contributed by atoms with Crippen molar-refractivity contribution < 1.29 is 9.47 Å². The van der Waals surface area contributed by atoms with Crippen molar-refractivity contribution in [1.82, 2.24) is 5.32 Å². The van der Waals surface area contributed by atoms with E-state index in [9.17, 15) is 0 Å². The van der Waals surface area contributed by atoms with Gasteiger partial charge in [0.15, 0.2) is 0 Å².